The lowest BCUT2D eigenvalue weighted by molar-refractivity contribution is 0.0599. The summed E-state index contributed by atoms with van der Waals surface area (Å²) in [5.74, 6) is -1.42. The summed E-state index contributed by atoms with van der Waals surface area (Å²) in [6.45, 7) is 3.62. The van der Waals surface area contributed by atoms with E-state index in [0.29, 0.717) is 28.9 Å². The average molecular weight is 490 g/mol. The molecule has 0 amide bonds. The standard InChI is InChI=1S/C25H25F2NO5S/c1-16-10-23(14-24(17(16)2)25(29)32-3)34(30,31)28-9-8-18-4-6-22(7-5-18)33-15-19-11-20(26)13-21(27)12-19/h4-7,10-14,28H,8-9,15H2,1-3H3. The minimum atomic E-state index is -3.83. The summed E-state index contributed by atoms with van der Waals surface area (Å²) in [5.41, 5.74) is 2.77. The van der Waals surface area contributed by atoms with Gasteiger partial charge in [-0.25, -0.2) is 26.7 Å². The van der Waals surface area contributed by atoms with Crippen molar-refractivity contribution in [3.63, 3.8) is 0 Å². The molecule has 9 heteroatoms. The van der Waals surface area contributed by atoms with Gasteiger partial charge in [-0.15, -0.1) is 0 Å². The smallest absolute Gasteiger partial charge is 0.338 e. The van der Waals surface area contributed by atoms with E-state index in [4.69, 9.17) is 9.47 Å². The van der Waals surface area contributed by atoms with E-state index in [0.717, 1.165) is 11.6 Å². The van der Waals surface area contributed by atoms with Crippen LogP contribution in [0.2, 0.25) is 0 Å². The van der Waals surface area contributed by atoms with Crippen LogP contribution >= 0.6 is 0 Å². The molecule has 3 aromatic carbocycles. The molecule has 0 atom stereocenters. The summed E-state index contributed by atoms with van der Waals surface area (Å²) >= 11 is 0. The van der Waals surface area contributed by atoms with Crippen molar-refractivity contribution in [1.29, 1.82) is 0 Å². The van der Waals surface area contributed by atoms with Crippen molar-refractivity contribution in [1.82, 2.24) is 4.72 Å². The van der Waals surface area contributed by atoms with Gasteiger partial charge < -0.3 is 9.47 Å². The number of carbonyl (C=O) groups excluding carboxylic acids is 1. The van der Waals surface area contributed by atoms with Gasteiger partial charge in [0.15, 0.2) is 0 Å². The Balaban J connectivity index is 1.58. The van der Waals surface area contributed by atoms with Crippen LogP contribution in [0, 0.1) is 25.5 Å². The normalized spacial score (nSPS) is 11.3. The Labute approximate surface area is 197 Å². The Bertz CT molecular complexity index is 1270. The zero-order valence-corrected chi connectivity index (χ0v) is 19.8. The van der Waals surface area contributed by atoms with Gasteiger partial charge >= 0.3 is 5.97 Å². The van der Waals surface area contributed by atoms with Crippen molar-refractivity contribution in [2.45, 2.75) is 31.8 Å². The lowest BCUT2D eigenvalue weighted by Gasteiger charge is -2.12. The van der Waals surface area contributed by atoms with Crippen molar-refractivity contribution in [2.75, 3.05) is 13.7 Å². The molecule has 3 rings (SSSR count). The molecule has 180 valence electrons. The SMILES string of the molecule is COC(=O)c1cc(S(=O)(=O)NCCc2ccc(OCc3cc(F)cc(F)c3)cc2)cc(C)c1C. The third-order valence-corrected chi connectivity index (χ3v) is 6.75. The molecule has 0 heterocycles. The fraction of sp³-hybridized carbons (Fsp3) is 0.240. The number of halogens is 2. The second kappa shape index (κ2) is 10.8. The summed E-state index contributed by atoms with van der Waals surface area (Å²) in [5, 5.41) is 0. The first-order valence-electron chi connectivity index (χ1n) is 10.4. The number of aryl methyl sites for hydroxylation is 1. The molecular weight excluding hydrogens is 464 g/mol. The number of esters is 1. The monoisotopic (exact) mass is 489 g/mol. The van der Waals surface area contributed by atoms with Crippen LogP contribution in [0.3, 0.4) is 0 Å². The van der Waals surface area contributed by atoms with E-state index in [2.05, 4.69) is 4.72 Å². The van der Waals surface area contributed by atoms with Crippen LogP contribution < -0.4 is 9.46 Å². The molecule has 0 fully saturated rings. The molecule has 0 saturated heterocycles. The molecule has 1 N–H and O–H groups in total. The highest BCUT2D eigenvalue weighted by Gasteiger charge is 2.20. The quantitative estimate of drug-likeness (QED) is 0.449. The van der Waals surface area contributed by atoms with Gasteiger partial charge in [-0.05, 0) is 78.9 Å². The fourth-order valence-corrected chi connectivity index (χ4v) is 4.47. The zero-order valence-electron chi connectivity index (χ0n) is 19.0. The van der Waals surface area contributed by atoms with Gasteiger partial charge in [0.2, 0.25) is 10.0 Å². The largest absolute Gasteiger partial charge is 0.489 e. The van der Waals surface area contributed by atoms with Crippen LogP contribution in [0.5, 0.6) is 5.75 Å². The van der Waals surface area contributed by atoms with Gasteiger partial charge in [0.05, 0.1) is 17.6 Å². The first kappa shape index (κ1) is 25.3. The van der Waals surface area contributed by atoms with E-state index in [1.54, 1.807) is 38.1 Å². The van der Waals surface area contributed by atoms with E-state index in [9.17, 15) is 22.0 Å². The summed E-state index contributed by atoms with van der Waals surface area (Å²) in [7, 11) is -2.59. The number of hydrogen-bond donors (Lipinski definition) is 1. The van der Waals surface area contributed by atoms with Crippen molar-refractivity contribution >= 4 is 16.0 Å². The minimum Gasteiger partial charge on any atom is -0.489 e. The van der Waals surface area contributed by atoms with Crippen molar-refractivity contribution in [3.8, 4) is 5.75 Å². The summed E-state index contributed by atoms with van der Waals surface area (Å²) in [4.78, 5) is 12.0. The predicted octanol–water partition coefficient (Wildman–Crippen LogP) is 4.47. The third-order valence-electron chi connectivity index (χ3n) is 5.31. The van der Waals surface area contributed by atoms with Crippen molar-refractivity contribution in [2.24, 2.45) is 0 Å². The Morgan fingerprint density at radius 3 is 2.21 bits per heavy atom. The molecular formula is C25H25F2NO5S. The Morgan fingerprint density at radius 1 is 0.941 bits per heavy atom. The highest BCUT2D eigenvalue weighted by molar-refractivity contribution is 7.89. The summed E-state index contributed by atoms with van der Waals surface area (Å²) in [6.07, 6.45) is 0.420. The number of methoxy groups -OCH3 is 1. The topological polar surface area (TPSA) is 81.7 Å². The third kappa shape index (κ3) is 6.39. The maximum atomic E-state index is 13.3. The fourth-order valence-electron chi connectivity index (χ4n) is 3.33. The molecule has 0 saturated carbocycles. The van der Waals surface area contributed by atoms with Crippen LogP contribution in [-0.2, 0) is 27.8 Å². The number of benzene rings is 3. The first-order valence-corrected chi connectivity index (χ1v) is 11.9. The molecule has 0 unspecified atom stereocenters. The van der Waals surface area contributed by atoms with E-state index in [1.165, 1.54) is 31.4 Å². The Kier molecular flexibility index (Phi) is 8.01. The maximum absolute atomic E-state index is 13.3. The minimum absolute atomic E-state index is 0.00599. The number of sulfonamides is 1. The molecule has 0 aromatic heterocycles. The Morgan fingerprint density at radius 2 is 1.59 bits per heavy atom. The van der Waals surface area contributed by atoms with Crippen LogP contribution in [0.15, 0.2) is 59.5 Å². The summed E-state index contributed by atoms with van der Waals surface area (Å²) < 4.78 is 64.8. The number of rotatable bonds is 9. The van der Waals surface area contributed by atoms with Crippen LogP contribution in [0.1, 0.15) is 32.6 Å². The van der Waals surface area contributed by atoms with Gasteiger partial charge in [0.25, 0.3) is 0 Å². The second-order valence-electron chi connectivity index (χ2n) is 7.76. The van der Waals surface area contributed by atoms with Crippen LogP contribution in [0.4, 0.5) is 8.78 Å². The summed E-state index contributed by atoms with van der Waals surface area (Å²) in [6, 6.07) is 13.0. The second-order valence-corrected chi connectivity index (χ2v) is 9.53. The molecule has 6 nitrogen and oxygen atoms in total. The lowest BCUT2D eigenvalue weighted by atomic mass is 10.0. The van der Waals surface area contributed by atoms with Gasteiger partial charge in [-0.3, -0.25) is 0 Å². The van der Waals surface area contributed by atoms with Crippen molar-refractivity contribution in [3.05, 3.63) is 94.0 Å². The first-order chi connectivity index (χ1) is 16.1. The van der Waals surface area contributed by atoms with Crippen LogP contribution in [-0.4, -0.2) is 28.0 Å². The molecule has 0 aliphatic heterocycles. The van der Waals surface area contributed by atoms with E-state index < -0.39 is 27.6 Å². The molecule has 0 aliphatic rings. The Hall–Kier alpha value is -3.30. The highest BCUT2D eigenvalue weighted by atomic mass is 32.2. The molecule has 0 spiro atoms. The highest BCUT2D eigenvalue weighted by Crippen LogP contribution is 2.21. The molecule has 0 radical (unpaired) electrons. The number of hydrogen-bond acceptors (Lipinski definition) is 5. The number of ether oxygens (including phenoxy) is 2. The lowest BCUT2D eigenvalue weighted by Crippen LogP contribution is -2.26. The van der Waals surface area contributed by atoms with E-state index in [1.807, 2.05) is 0 Å². The number of carbonyl (C=O) groups is 1. The molecule has 3 aromatic rings. The average Bonchev–Trinajstić information content (AvgIpc) is 2.79. The van der Waals surface area contributed by atoms with Crippen molar-refractivity contribution < 1.29 is 31.5 Å². The number of nitrogens with one attached hydrogen (secondary N) is 1. The molecule has 0 bridgehead atoms. The van der Waals surface area contributed by atoms with Gasteiger partial charge in [0, 0.05) is 12.6 Å². The van der Waals surface area contributed by atoms with Gasteiger partial charge in [-0.2, -0.15) is 0 Å². The molecule has 0 aliphatic carbocycles. The molecule has 34 heavy (non-hydrogen) atoms. The zero-order chi connectivity index (χ0) is 24.9. The van der Waals surface area contributed by atoms with E-state index in [-0.39, 0.29) is 23.6 Å². The maximum Gasteiger partial charge on any atom is 0.338 e. The van der Waals surface area contributed by atoms with Gasteiger partial charge in [0.1, 0.15) is 24.0 Å². The predicted molar refractivity (Wildman–Crippen MR) is 123 cm³/mol. The van der Waals surface area contributed by atoms with Gasteiger partial charge in [-0.1, -0.05) is 12.1 Å². The van der Waals surface area contributed by atoms with E-state index >= 15 is 0 Å². The van der Waals surface area contributed by atoms with Crippen LogP contribution in [0.25, 0.3) is 0 Å².